The van der Waals surface area contributed by atoms with E-state index in [0.717, 1.165) is 11.1 Å². The molecule has 112 valence electrons. The Morgan fingerprint density at radius 3 is 2.38 bits per heavy atom. The van der Waals surface area contributed by atoms with Crippen molar-refractivity contribution in [2.45, 2.75) is 18.4 Å². The van der Waals surface area contributed by atoms with E-state index < -0.39 is 10.0 Å². The lowest BCUT2D eigenvalue weighted by molar-refractivity contribution is 0.466. The molecule has 0 fully saturated rings. The fraction of sp³-hybridized carbons (Fsp3) is 0.214. The van der Waals surface area contributed by atoms with Gasteiger partial charge in [-0.15, -0.1) is 0 Å². The van der Waals surface area contributed by atoms with Crippen LogP contribution in [0.2, 0.25) is 0 Å². The minimum atomic E-state index is -3.57. The molecule has 0 aliphatic carbocycles. The quantitative estimate of drug-likeness (QED) is 0.645. The largest absolute Gasteiger partial charge is 0.308 e. The van der Waals surface area contributed by atoms with Crippen LogP contribution in [0.25, 0.3) is 0 Å². The van der Waals surface area contributed by atoms with Gasteiger partial charge in [-0.2, -0.15) is 4.31 Å². The van der Waals surface area contributed by atoms with Crippen LogP contribution in [0.1, 0.15) is 11.1 Å². The maximum atomic E-state index is 12.4. The highest BCUT2D eigenvalue weighted by atomic mass is 32.2. The van der Waals surface area contributed by atoms with Gasteiger partial charge in [0.1, 0.15) is 10.7 Å². The average molecular weight is 306 g/mol. The number of nitrogens with zero attached hydrogens (tertiary/aromatic N) is 2. The van der Waals surface area contributed by atoms with Gasteiger partial charge in [-0.25, -0.2) is 19.2 Å². The van der Waals surface area contributed by atoms with Gasteiger partial charge in [-0.3, -0.25) is 0 Å². The maximum absolute atomic E-state index is 12.4. The molecule has 0 amide bonds. The van der Waals surface area contributed by atoms with E-state index >= 15 is 0 Å². The molecule has 2 rings (SSSR count). The van der Waals surface area contributed by atoms with Gasteiger partial charge in [0.2, 0.25) is 10.0 Å². The highest BCUT2D eigenvalue weighted by Gasteiger charge is 2.21. The molecular formula is C14H18N4O2S. The molecule has 0 atom stereocenters. The van der Waals surface area contributed by atoms with Gasteiger partial charge in [0.25, 0.3) is 0 Å². The summed E-state index contributed by atoms with van der Waals surface area (Å²) in [5, 5.41) is 0. The third kappa shape index (κ3) is 3.57. The molecule has 2 aromatic rings. The first-order valence-corrected chi connectivity index (χ1v) is 7.82. The average Bonchev–Trinajstić information content (AvgIpc) is 2.49. The van der Waals surface area contributed by atoms with Gasteiger partial charge in [0.15, 0.2) is 0 Å². The van der Waals surface area contributed by atoms with Crippen LogP contribution < -0.4 is 11.3 Å². The summed E-state index contributed by atoms with van der Waals surface area (Å²) >= 11 is 0. The van der Waals surface area contributed by atoms with Gasteiger partial charge in [-0.1, -0.05) is 29.8 Å². The number of sulfonamides is 1. The fourth-order valence-electron chi connectivity index (χ4n) is 1.83. The number of benzene rings is 1. The Bertz CT molecular complexity index is 697. The second kappa shape index (κ2) is 6.21. The molecule has 0 radical (unpaired) electrons. The van der Waals surface area contributed by atoms with Crippen LogP contribution >= 0.6 is 0 Å². The minimum Gasteiger partial charge on any atom is -0.308 e. The van der Waals surface area contributed by atoms with E-state index in [0.29, 0.717) is 12.4 Å². The smallest absolute Gasteiger partial charge is 0.244 e. The van der Waals surface area contributed by atoms with Crippen molar-refractivity contribution in [2.75, 3.05) is 12.5 Å². The molecule has 6 nitrogen and oxygen atoms in total. The summed E-state index contributed by atoms with van der Waals surface area (Å²) in [6.07, 6.45) is 1.29. The summed E-state index contributed by atoms with van der Waals surface area (Å²) in [5.74, 6) is 5.62. The third-order valence-electron chi connectivity index (χ3n) is 3.12. The molecule has 3 N–H and O–H groups in total. The molecular weight excluding hydrogens is 288 g/mol. The molecule has 21 heavy (non-hydrogen) atoms. The lowest BCUT2D eigenvalue weighted by Gasteiger charge is -2.17. The molecule has 0 saturated heterocycles. The second-order valence-corrected chi connectivity index (χ2v) is 6.82. The number of anilines is 1. The summed E-state index contributed by atoms with van der Waals surface area (Å²) < 4.78 is 26.2. The molecule has 0 spiro atoms. The zero-order valence-corrected chi connectivity index (χ0v) is 12.8. The monoisotopic (exact) mass is 306 g/mol. The molecule has 0 aliphatic heterocycles. The van der Waals surface area contributed by atoms with E-state index in [-0.39, 0.29) is 4.90 Å². The Hall–Kier alpha value is -1.96. The van der Waals surface area contributed by atoms with Gasteiger partial charge in [-0.05, 0) is 24.6 Å². The van der Waals surface area contributed by atoms with Crippen LogP contribution in [0.3, 0.4) is 0 Å². The van der Waals surface area contributed by atoms with Crippen LogP contribution in [0, 0.1) is 6.92 Å². The van der Waals surface area contributed by atoms with Gasteiger partial charge >= 0.3 is 0 Å². The zero-order valence-electron chi connectivity index (χ0n) is 11.9. The van der Waals surface area contributed by atoms with Crippen molar-refractivity contribution in [1.29, 1.82) is 0 Å². The second-order valence-electron chi connectivity index (χ2n) is 4.77. The Kier molecular flexibility index (Phi) is 4.56. The molecule has 0 bridgehead atoms. The first-order valence-electron chi connectivity index (χ1n) is 6.38. The van der Waals surface area contributed by atoms with Gasteiger partial charge < -0.3 is 5.43 Å². The van der Waals surface area contributed by atoms with E-state index in [4.69, 9.17) is 5.84 Å². The molecule has 0 unspecified atom stereocenters. The van der Waals surface area contributed by atoms with Crippen molar-refractivity contribution in [3.05, 3.63) is 53.7 Å². The molecule has 0 saturated carbocycles. The fourth-order valence-corrected chi connectivity index (χ4v) is 2.94. The Balaban J connectivity index is 2.19. The van der Waals surface area contributed by atoms with Crippen LogP contribution in [0.5, 0.6) is 0 Å². The Morgan fingerprint density at radius 2 is 1.86 bits per heavy atom. The number of nitrogen functional groups attached to an aromatic ring is 1. The van der Waals surface area contributed by atoms with Gasteiger partial charge in [0, 0.05) is 19.8 Å². The standard InChI is InChI=1S/C14H18N4O2S/c1-11-3-5-12(6-4-11)10-18(2)21(19,20)13-7-8-14(17-15)16-9-13/h3-9H,10,15H2,1-2H3,(H,16,17). The lowest BCUT2D eigenvalue weighted by atomic mass is 10.1. The van der Waals surface area contributed by atoms with Crippen molar-refractivity contribution >= 4 is 15.8 Å². The van der Waals surface area contributed by atoms with Crippen molar-refractivity contribution in [1.82, 2.24) is 9.29 Å². The summed E-state index contributed by atoms with van der Waals surface area (Å²) in [4.78, 5) is 4.06. The molecule has 1 heterocycles. The predicted molar refractivity (Wildman–Crippen MR) is 81.9 cm³/mol. The highest BCUT2D eigenvalue weighted by Crippen LogP contribution is 2.17. The topological polar surface area (TPSA) is 88.3 Å². The number of hydrazine groups is 1. The van der Waals surface area contributed by atoms with E-state index in [1.165, 1.54) is 22.6 Å². The number of aryl methyl sites for hydroxylation is 1. The molecule has 1 aromatic carbocycles. The number of nitrogens with two attached hydrogens (primary N) is 1. The highest BCUT2D eigenvalue weighted by molar-refractivity contribution is 7.89. The van der Waals surface area contributed by atoms with Crippen LogP contribution in [-0.4, -0.2) is 24.8 Å². The summed E-state index contributed by atoms with van der Waals surface area (Å²) in [5.41, 5.74) is 4.43. The number of aromatic nitrogens is 1. The van der Waals surface area contributed by atoms with Gasteiger partial charge in [0.05, 0.1) is 0 Å². The first-order chi connectivity index (χ1) is 9.93. The molecule has 0 aliphatic rings. The van der Waals surface area contributed by atoms with Crippen molar-refractivity contribution < 1.29 is 8.42 Å². The summed E-state index contributed by atoms with van der Waals surface area (Å²) in [6, 6.07) is 10.7. The third-order valence-corrected chi connectivity index (χ3v) is 4.91. The molecule has 7 heteroatoms. The van der Waals surface area contributed by atoms with Crippen LogP contribution in [-0.2, 0) is 16.6 Å². The maximum Gasteiger partial charge on any atom is 0.244 e. The number of rotatable bonds is 5. The van der Waals surface area contributed by atoms with E-state index in [1.807, 2.05) is 31.2 Å². The molecule has 1 aromatic heterocycles. The zero-order chi connectivity index (χ0) is 15.5. The van der Waals surface area contributed by atoms with E-state index in [2.05, 4.69) is 10.4 Å². The SMILES string of the molecule is Cc1ccc(CN(C)S(=O)(=O)c2ccc(NN)nc2)cc1. The predicted octanol–water partition coefficient (Wildman–Crippen LogP) is 1.50. The Morgan fingerprint density at radius 1 is 1.19 bits per heavy atom. The summed E-state index contributed by atoms with van der Waals surface area (Å²) in [6.45, 7) is 2.29. The van der Waals surface area contributed by atoms with Crippen molar-refractivity contribution in [3.63, 3.8) is 0 Å². The lowest BCUT2D eigenvalue weighted by Crippen LogP contribution is -2.26. The van der Waals surface area contributed by atoms with Crippen molar-refractivity contribution in [2.24, 2.45) is 5.84 Å². The minimum absolute atomic E-state index is 0.135. The van der Waals surface area contributed by atoms with Crippen LogP contribution in [0.15, 0.2) is 47.5 Å². The number of pyridine rings is 1. The number of hydrogen-bond donors (Lipinski definition) is 2. The van der Waals surface area contributed by atoms with Crippen molar-refractivity contribution in [3.8, 4) is 0 Å². The van der Waals surface area contributed by atoms with Crippen LogP contribution in [0.4, 0.5) is 5.82 Å². The number of nitrogens with one attached hydrogen (secondary N) is 1. The Labute approximate surface area is 124 Å². The summed E-state index contributed by atoms with van der Waals surface area (Å²) in [7, 11) is -2.02. The van der Waals surface area contributed by atoms with E-state index in [1.54, 1.807) is 7.05 Å². The normalized spacial score (nSPS) is 11.6. The first kappa shape index (κ1) is 15.4. The number of hydrogen-bond acceptors (Lipinski definition) is 5. The van der Waals surface area contributed by atoms with E-state index in [9.17, 15) is 8.42 Å².